The molecule has 5 heteroatoms. The van der Waals surface area contributed by atoms with Crippen LogP contribution >= 0.6 is 0 Å². The van der Waals surface area contributed by atoms with Crippen molar-refractivity contribution in [3.63, 3.8) is 0 Å². The molecule has 0 N–H and O–H groups in total. The molecule has 0 spiro atoms. The second kappa shape index (κ2) is 6.82. The molecule has 0 aromatic rings. The molecule has 0 aromatic carbocycles. The van der Waals surface area contributed by atoms with Gasteiger partial charge in [0.25, 0.3) is 0 Å². The van der Waals surface area contributed by atoms with Crippen LogP contribution in [0.5, 0.6) is 0 Å². The SMILES string of the molecule is C=C(C)C(=O)OC[SiH](OC)OCC. The summed E-state index contributed by atoms with van der Waals surface area (Å²) in [7, 11) is -0.238. The van der Waals surface area contributed by atoms with E-state index in [1.54, 1.807) is 14.0 Å². The van der Waals surface area contributed by atoms with Gasteiger partial charge in [-0.25, -0.2) is 4.79 Å². The molecule has 0 radical (unpaired) electrons. The highest BCUT2D eigenvalue weighted by Crippen LogP contribution is 1.95. The smallest absolute Gasteiger partial charge is 0.360 e. The lowest BCUT2D eigenvalue weighted by atomic mass is 10.4. The molecule has 0 aliphatic heterocycles. The van der Waals surface area contributed by atoms with Crippen molar-refractivity contribution >= 4 is 15.3 Å². The Bertz CT molecular complexity index is 181. The Hall–Kier alpha value is -0.653. The summed E-state index contributed by atoms with van der Waals surface area (Å²) < 4.78 is 15.1. The summed E-state index contributed by atoms with van der Waals surface area (Å²) in [6.07, 6.45) is 0.232. The van der Waals surface area contributed by atoms with E-state index in [0.717, 1.165) is 0 Å². The van der Waals surface area contributed by atoms with Gasteiger partial charge >= 0.3 is 15.3 Å². The topological polar surface area (TPSA) is 44.8 Å². The number of ether oxygens (including phenoxy) is 1. The molecule has 0 aliphatic rings. The van der Waals surface area contributed by atoms with Gasteiger partial charge in [0, 0.05) is 19.3 Å². The van der Waals surface area contributed by atoms with E-state index in [2.05, 4.69) is 6.58 Å². The predicted octanol–water partition coefficient (Wildman–Crippen LogP) is 0.548. The Morgan fingerprint density at radius 1 is 1.54 bits per heavy atom. The molecule has 0 saturated heterocycles. The first-order valence-corrected chi connectivity index (χ1v) is 5.84. The van der Waals surface area contributed by atoms with E-state index < -0.39 is 15.3 Å². The molecule has 0 saturated carbocycles. The quantitative estimate of drug-likeness (QED) is 0.360. The second-order valence-corrected chi connectivity index (χ2v) is 4.50. The van der Waals surface area contributed by atoms with Crippen molar-refractivity contribution in [1.82, 2.24) is 0 Å². The van der Waals surface area contributed by atoms with Gasteiger partial charge in [0.15, 0.2) is 0 Å². The summed E-state index contributed by atoms with van der Waals surface area (Å²) in [5.74, 6) is -0.394. The third-order valence-electron chi connectivity index (χ3n) is 1.31. The first-order chi connectivity index (χ1) is 6.11. The molecule has 0 aliphatic carbocycles. The van der Waals surface area contributed by atoms with Crippen LogP contribution < -0.4 is 0 Å². The Morgan fingerprint density at radius 2 is 2.15 bits per heavy atom. The minimum absolute atomic E-state index is 0.232. The molecule has 0 heterocycles. The van der Waals surface area contributed by atoms with E-state index in [9.17, 15) is 4.79 Å². The lowest BCUT2D eigenvalue weighted by Gasteiger charge is -2.12. The normalized spacial score (nSPS) is 12.2. The standard InChI is InChI=1S/C8H16O4Si/c1-5-12-13(10-4)6-11-8(9)7(2)3/h13H,2,5-6H2,1,3-4H3. The number of hydrogen-bond acceptors (Lipinski definition) is 4. The highest BCUT2D eigenvalue weighted by molar-refractivity contribution is 6.44. The number of hydrogen-bond donors (Lipinski definition) is 0. The van der Waals surface area contributed by atoms with Crippen LogP contribution in [-0.4, -0.2) is 35.2 Å². The third kappa shape index (κ3) is 5.56. The fraction of sp³-hybridized carbons (Fsp3) is 0.625. The van der Waals surface area contributed by atoms with Gasteiger partial charge in [-0.05, 0) is 13.8 Å². The Morgan fingerprint density at radius 3 is 2.54 bits per heavy atom. The fourth-order valence-corrected chi connectivity index (χ4v) is 1.66. The maximum Gasteiger partial charge on any atom is 0.360 e. The van der Waals surface area contributed by atoms with Crippen molar-refractivity contribution in [2.75, 3.05) is 19.9 Å². The van der Waals surface area contributed by atoms with E-state index in [-0.39, 0.29) is 6.23 Å². The van der Waals surface area contributed by atoms with Crippen molar-refractivity contribution in [1.29, 1.82) is 0 Å². The van der Waals surface area contributed by atoms with Crippen LogP contribution in [0.3, 0.4) is 0 Å². The van der Waals surface area contributed by atoms with Gasteiger partial charge in [-0.1, -0.05) is 6.58 Å². The molecule has 76 valence electrons. The van der Waals surface area contributed by atoms with E-state index in [1.165, 1.54) is 0 Å². The Labute approximate surface area is 80.3 Å². The Kier molecular flexibility index (Phi) is 6.48. The summed E-state index contributed by atoms with van der Waals surface area (Å²) in [6, 6.07) is 0. The molecule has 4 nitrogen and oxygen atoms in total. The molecular formula is C8H16O4Si. The lowest BCUT2D eigenvalue weighted by molar-refractivity contribution is -0.137. The molecule has 0 rings (SSSR count). The number of carbonyl (C=O) groups excluding carboxylic acids is 1. The molecule has 13 heavy (non-hydrogen) atoms. The molecule has 1 atom stereocenters. The van der Waals surface area contributed by atoms with E-state index >= 15 is 0 Å². The Balaban J connectivity index is 3.71. The van der Waals surface area contributed by atoms with Gasteiger partial charge < -0.3 is 13.6 Å². The van der Waals surface area contributed by atoms with E-state index in [4.69, 9.17) is 13.6 Å². The van der Waals surface area contributed by atoms with Crippen molar-refractivity contribution in [2.45, 2.75) is 13.8 Å². The minimum Gasteiger partial charge on any atom is -0.461 e. The summed E-state index contributed by atoms with van der Waals surface area (Å²) in [5, 5.41) is 0. The maximum absolute atomic E-state index is 11.0. The molecular weight excluding hydrogens is 188 g/mol. The number of rotatable bonds is 6. The summed E-state index contributed by atoms with van der Waals surface area (Å²) in [5.41, 5.74) is 0.389. The van der Waals surface area contributed by atoms with Crippen LogP contribution in [0.4, 0.5) is 0 Å². The van der Waals surface area contributed by atoms with Crippen LogP contribution in [0.25, 0.3) is 0 Å². The van der Waals surface area contributed by atoms with Crippen LogP contribution in [0.2, 0.25) is 0 Å². The monoisotopic (exact) mass is 204 g/mol. The predicted molar refractivity (Wildman–Crippen MR) is 51.6 cm³/mol. The minimum atomic E-state index is -1.79. The average molecular weight is 204 g/mol. The largest absolute Gasteiger partial charge is 0.461 e. The van der Waals surface area contributed by atoms with Gasteiger partial charge in [0.1, 0.15) is 6.23 Å². The maximum atomic E-state index is 11.0. The zero-order valence-corrected chi connectivity index (χ0v) is 9.49. The lowest BCUT2D eigenvalue weighted by Crippen LogP contribution is -2.29. The van der Waals surface area contributed by atoms with Crippen molar-refractivity contribution in [2.24, 2.45) is 0 Å². The number of esters is 1. The highest BCUT2D eigenvalue weighted by Gasteiger charge is 2.14. The van der Waals surface area contributed by atoms with Crippen molar-refractivity contribution < 1.29 is 18.4 Å². The van der Waals surface area contributed by atoms with Gasteiger partial charge in [-0.15, -0.1) is 0 Å². The first kappa shape index (κ1) is 12.3. The van der Waals surface area contributed by atoms with Crippen molar-refractivity contribution in [3.8, 4) is 0 Å². The van der Waals surface area contributed by atoms with Crippen LogP contribution in [-0.2, 0) is 18.4 Å². The van der Waals surface area contributed by atoms with Gasteiger partial charge in [0.2, 0.25) is 0 Å². The third-order valence-corrected chi connectivity index (χ3v) is 2.98. The van der Waals surface area contributed by atoms with Crippen LogP contribution in [0, 0.1) is 0 Å². The molecule has 0 amide bonds. The van der Waals surface area contributed by atoms with Crippen molar-refractivity contribution in [3.05, 3.63) is 12.2 Å². The van der Waals surface area contributed by atoms with E-state index in [1.807, 2.05) is 6.92 Å². The van der Waals surface area contributed by atoms with E-state index in [0.29, 0.717) is 12.2 Å². The molecule has 0 bridgehead atoms. The molecule has 0 aromatic heterocycles. The first-order valence-electron chi connectivity index (χ1n) is 4.08. The fourth-order valence-electron chi connectivity index (χ4n) is 0.637. The van der Waals surface area contributed by atoms with Gasteiger partial charge in [0.05, 0.1) is 0 Å². The summed E-state index contributed by atoms with van der Waals surface area (Å²) in [6.45, 7) is 7.52. The zero-order chi connectivity index (χ0) is 10.3. The van der Waals surface area contributed by atoms with Crippen LogP contribution in [0.15, 0.2) is 12.2 Å². The van der Waals surface area contributed by atoms with Crippen LogP contribution in [0.1, 0.15) is 13.8 Å². The van der Waals surface area contributed by atoms with Gasteiger partial charge in [-0.3, -0.25) is 0 Å². The summed E-state index contributed by atoms with van der Waals surface area (Å²) in [4.78, 5) is 11.0. The number of carbonyl (C=O) groups is 1. The second-order valence-electron chi connectivity index (χ2n) is 2.50. The summed E-state index contributed by atoms with van der Waals surface area (Å²) >= 11 is 0. The molecule has 0 fully saturated rings. The zero-order valence-electron chi connectivity index (χ0n) is 8.33. The van der Waals surface area contributed by atoms with Gasteiger partial charge in [-0.2, -0.15) is 0 Å². The highest BCUT2D eigenvalue weighted by atomic mass is 28.3. The average Bonchev–Trinajstić information content (AvgIpc) is 2.11. The molecule has 1 unspecified atom stereocenters.